The van der Waals surface area contributed by atoms with Crippen molar-refractivity contribution in [2.45, 2.75) is 79.2 Å². The predicted octanol–water partition coefficient (Wildman–Crippen LogP) is 2.85. The van der Waals surface area contributed by atoms with E-state index in [4.69, 9.17) is 9.26 Å². The highest BCUT2D eigenvalue weighted by Crippen LogP contribution is 2.22. The molecule has 2 aliphatic rings. The average molecular weight is 421 g/mol. The maximum atomic E-state index is 13.1. The predicted molar refractivity (Wildman–Crippen MR) is 117 cm³/mol. The fourth-order valence-corrected chi connectivity index (χ4v) is 4.68. The van der Waals surface area contributed by atoms with Crippen molar-refractivity contribution in [2.24, 2.45) is 5.92 Å². The van der Waals surface area contributed by atoms with Gasteiger partial charge in [0, 0.05) is 37.3 Å². The second-order valence-corrected chi connectivity index (χ2v) is 9.72. The van der Waals surface area contributed by atoms with E-state index in [9.17, 15) is 4.79 Å². The molecule has 1 aromatic heterocycles. The normalized spacial score (nSPS) is 23.0. The zero-order valence-electron chi connectivity index (χ0n) is 19.7. The van der Waals surface area contributed by atoms with Crippen molar-refractivity contribution in [1.29, 1.82) is 0 Å². The fourth-order valence-electron chi connectivity index (χ4n) is 4.68. The minimum absolute atomic E-state index is 0.00738. The van der Waals surface area contributed by atoms with Crippen molar-refractivity contribution < 1.29 is 14.1 Å². The summed E-state index contributed by atoms with van der Waals surface area (Å²) in [7, 11) is 0. The minimum atomic E-state index is -0.00738. The third-order valence-corrected chi connectivity index (χ3v) is 6.53. The van der Waals surface area contributed by atoms with Crippen LogP contribution in [0.5, 0.6) is 0 Å². The Labute approximate surface area is 181 Å². The SMILES string of the molecule is Cc1noc(C)c1COC1CN(CC(C)C)C(=O)CN(C2CCN(C(C)C)CC2)C1. The Hall–Kier alpha value is -1.44. The van der Waals surface area contributed by atoms with Gasteiger partial charge in [-0.25, -0.2) is 0 Å². The van der Waals surface area contributed by atoms with Gasteiger partial charge in [0.15, 0.2) is 0 Å². The van der Waals surface area contributed by atoms with E-state index in [1.165, 1.54) is 0 Å². The molecule has 3 heterocycles. The summed E-state index contributed by atoms with van der Waals surface area (Å²) < 4.78 is 11.7. The van der Waals surface area contributed by atoms with Crippen molar-refractivity contribution in [3.63, 3.8) is 0 Å². The summed E-state index contributed by atoms with van der Waals surface area (Å²) in [5.74, 6) is 1.49. The molecule has 0 saturated carbocycles. The minimum Gasteiger partial charge on any atom is -0.370 e. The molecule has 2 aliphatic heterocycles. The van der Waals surface area contributed by atoms with Crippen LogP contribution < -0.4 is 0 Å². The van der Waals surface area contributed by atoms with Gasteiger partial charge in [0.25, 0.3) is 0 Å². The number of nitrogens with zero attached hydrogens (tertiary/aromatic N) is 4. The van der Waals surface area contributed by atoms with Gasteiger partial charge >= 0.3 is 0 Å². The highest BCUT2D eigenvalue weighted by Gasteiger charge is 2.34. The van der Waals surface area contributed by atoms with Crippen LogP contribution in [0.3, 0.4) is 0 Å². The number of carbonyl (C=O) groups is 1. The summed E-state index contributed by atoms with van der Waals surface area (Å²) in [6.45, 7) is 18.2. The van der Waals surface area contributed by atoms with Crippen LogP contribution >= 0.6 is 0 Å². The zero-order chi connectivity index (χ0) is 21.8. The molecule has 0 N–H and O–H groups in total. The Morgan fingerprint density at radius 1 is 1.13 bits per heavy atom. The number of hydrogen-bond donors (Lipinski definition) is 0. The molecule has 7 nitrogen and oxygen atoms in total. The van der Waals surface area contributed by atoms with Crippen LogP contribution in [0, 0.1) is 19.8 Å². The van der Waals surface area contributed by atoms with Crippen molar-refractivity contribution in [1.82, 2.24) is 19.9 Å². The Bertz CT molecular complexity index is 675. The standard InChI is InChI=1S/C23H40N4O3/c1-16(2)11-27-13-21(29-15-22-18(5)24-30-19(22)6)12-26(14-23(27)28)20-7-9-25(10-8-20)17(3)4/h16-17,20-21H,7-15H2,1-6H3. The second kappa shape index (κ2) is 10.2. The quantitative estimate of drug-likeness (QED) is 0.676. The molecule has 2 fully saturated rings. The number of carbonyl (C=O) groups excluding carboxylic acids is 1. The first-order valence-electron chi connectivity index (χ1n) is 11.5. The second-order valence-electron chi connectivity index (χ2n) is 9.72. The lowest BCUT2D eigenvalue weighted by molar-refractivity contribution is -0.132. The molecule has 7 heteroatoms. The van der Waals surface area contributed by atoms with Crippen molar-refractivity contribution in [2.75, 3.05) is 39.3 Å². The molecule has 0 radical (unpaired) electrons. The number of aromatic nitrogens is 1. The molecule has 2 saturated heterocycles. The van der Waals surface area contributed by atoms with E-state index in [1.54, 1.807) is 0 Å². The van der Waals surface area contributed by atoms with Gasteiger partial charge < -0.3 is 19.1 Å². The molecule has 30 heavy (non-hydrogen) atoms. The van der Waals surface area contributed by atoms with Crippen LogP contribution in [0.25, 0.3) is 0 Å². The number of hydrogen-bond acceptors (Lipinski definition) is 6. The first-order valence-corrected chi connectivity index (χ1v) is 11.5. The maximum Gasteiger partial charge on any atom is 0.236 e. The molecule has 170 valence electrons. The summed E-state index contributed by atoms with van der Waals surface area (Å²) >= 11 is 0. The van der Waals surface area contributed by atoms with E-state index < -0.39 is 0 Å². The van der Waals surface area contributed by atoms with Gasteiger partial charge in [0.1, 0.15) is 5.76 Å². The Morgan fingerprint density at radius 3 is 2.40 bits per heavy atom. The summed E-state index contributed by atoms with van der Waals surface area (Å²) in [5.41, 5.74) is 1.91. The van der Waals surface area contributed by atoms with E-state index in [0.717, 1.165) is 56.0 Å². The Morgan fingerprint density at radius 2 is 1.83 bits per heavy atom. The van der Waals surface area contributed by atoms with E-state index >= 15 is 0 Å². The number of amides is 1. The van der Waals surface area contributed by atoms with Crippen LogP contribution in [-0.2, 0) is 16.1 Å². The number of piperidine rings is 1. The van der Waals surface area contributed by atoms with Crippen molar-refractivity contribution in [3.8, 4) is 0 Å². The zero-order valence-corrected chi connectivity index (χ0v) is 19.7. The largest absolute Gasteiger partial charge is 0.370 e. The summed E-state index contributed by atoms with van der Waals surface area (Å²) in [5, 5.41) is 4.04. The van der Waals surface area contributed by atoms with Crippen LogP contribution in [0.2, 0.25) is 0 Å². The molecule has 0 spiro atoms. The van der Waals surface area contributed by atoms with Gasteiger partial charge in [-0.3, -0.25) is 9.69 Å². The molecule has 0 aliphatic carbocycles. The molecule has 3 rings (SSSR count). The molecule has 0 bridgehead atoms. The topological polar surface area (TPSA) is 62.1 Å². The highest BCUT2D eigenvalue weighted by molar-refractivity contribution is 5.78. The number of ether oxygens (including phenoxy) is 1. The third kappa shape index (κ3) is 5.83. The number of rotatable bonds is 7. The summed E-state index contributed by atoms with van der Waals surface area (Å²) in [4.78, 5) is 20.0. The van der Waals surface area contributed by atoms with Gasteiger partial charge in [0.05, 0.1) is 24.9 Å². The van der Waals surface area contributed by atoms with Crippen LogP contribution in [0.4, 0.5) is 0 Å². The Kier molecular flexibility index (Phi) is 7.93. The molecular formula is C23H40N4O3. The van der Waals surface area contributed by atoms with Crippen LogP contribution in [-0.4, -0.2) is 83.2 Å². The first-order chi connectivity index (χ1) is 14.2. The fraction of sp³-hybridized carbons (Fsp3) is 0.826. The van der Waals surface area contributed by atoms with Gasteiger partial charge in [-0.2, -0.15) is 0 Å². The molecule has 1 aromatic rings. The lowest BCUT2D eigenvalue weighted by atomic mass is 10.0. The van der Waals surface area contributed by atoms with Gasteiger partial charge in [-0.05, 0) is 59.5 Å². The maximum absolute atomic E-state index is 13.1. The first kappa shape index (κ1) is 23.2. The van der Waals surface area contributed by atoms with E-state index in [0.29, 0.717) is 37.7 Å². The smallest absolute Gasteiger partial charge is 0.236 e. The third-order valence-electron chi connectivity index (χ3n) is 6.53. The van der Waals surface area contributed by atoms with Gasteiger partial charge in [0.2, 0.25) is 5.91 Å². The number of likely N-dealkylation sites (tertiary alicyclic amines) is 1. The lowest BCUT2D eigenvalue weighted by Gasteiger charge is -2.39. The number of aryl methyl sites for hydroxylation is 2. The van der Waals surface area contributed by atoms with Crippen molar-refractivity contribution in [3.05, 3.63) is 17.0 Å². The summed E-state index contributed by atoms with van der Waals surface area (Å²) in [6.07, 6.45) is 2.23. The van der Waals surface area contributed by atoms with Crippen LogP contribution in [0.15, 0.2) is 4.52 Å². The van der Waals surface area contributed by atoms with E-state index in [1.807, 2.05) is 18.7 Å². The molecule has 1 atom stereocenters. The lowest BCUT2D eigenvalue weighted by Crippen LogP contribution is -2.49. The van der Waals surface area contributed by atoms with Crippen molar-refractivity contribution >= 4 is 5.91 Å². The molecule has 0 aromatic carbocycles. The van der Waals surface area contributed by atoms with Crippen LogP contribution in [0.1, 0.15) is 57.6 Å². The molecule has 1 unspecified atom stereocenters. The highest BCUT2D eigenvalue weighted by atomic mass is 16.5. The molecular weight excluding hydrogens is 380 g/mol. The Balaban J connectivity index is 1.69. The van der Waals surface area contributed by atoms with Gasteiger partial charge in [-0.15, -0.1) is 0 Å². The monoisotopic (exact) mass is 420 g/mol. The molecule has 1 amide bonds. The average Bonchev–Trinajstić information content (AvgIpc) is 2.92. The van der Waals surface area contributed by atoms with E-state index in [2.05, 4.69) is 42.7 Å². The summed E-state index contributed by atoms with van der Waals surface area (Å²) in [6, 6.07) is 1.04. The van der Waals surface area contributed by atoms with E-state index in [-0.39, 0.29) is 12.0 Å². The van der Waals surface area contributed by atoms with Gasteiger partial charge in [-0.1, -0.05) is 19.0 Å².